The van der Waals surface area contributed by atoms with Crippen LogP contribution in [0.25, 0.3) is 11.0 Å². The predicted octanol–water partition coefficient (Wildman–Crippen LogP) is 4.12. The minimum absolute atomic E-state index is 0.166. The van der Waals surface area contributed by atoms with Crippen molar-refractivity contribution in [1.82, 2.24) is 0 Å². The van der Waals surface area contributed by atoms with Crippen LogP contribution in [0.15, 0.2) is 46.9 Å². The molecule has 4 heteroatoms. The van der Waals surface area contributed by atoms with Gasteiger partial charge < -0.3 is 9.15 Å². The van der Waals surface area contributed by atoms with Gasteiger partial charge in [-0.2, -0.15) is 0 Å². The first-order valence-corrected chi connectivity index (χ1v) is 6.47. The number of methoxy groups -OCH3 is 1. The van der Waals surface area contributed by atoms with E-state index in [1.165, 1.54) is 25.3 Å². The summed E-state index contributed by atoms with van der Waals surface area (Å²) in [7, 11) is 1.51. The zero-order chi connectivity index (χ0) is 15.0. The van der Waals surface area contributed by atoms with Gasteiger partial charge in [0, 0.05) is 5.39 Å². The van der Waals surface area contributed by atoms with Crippen LogP contribution in [0, 0.1) is 12.7 Å². The molecule has 0 aliphatic heterocycles. The van der Waals surface area contributed by atoms with Crippen LogP contribution in [0.2, 0.25) is 0 Å². The van der Waals surface area contributed by atoms with E-state index in [-0.39, 0.29) is 17.4 Å². The number of carbonyl (C=O) groups excluding carboxylic acids is 1. The van der Waals surface area contributed by atoms with Crippen LogP contribution >= 0.6 is 0 Å². The zero-order valence-electron chi connectivity index (χ0n) is 11.6. The van der Waals surface area contributed by atoms with E-state index in [1.54, 1.807) is 18.2 Å². The Balaban J connectivity index is 2.10. The second kappa shape index (κ2) is 5.05. The van der Waals surface area contributed by atoms with Crippen molar-refractivity contribution in [1.29, 1.82) is 0 Å². The number of hydrogen-bond acceptors (Lipinski definition) is 3. The van der Waals surface area contributed by atoms with E-state index in [0.717, 1.165) is 5.56 Å². The second-order valence-electron chi connectivity index (χ2n) is 4.83. The van der Waals surface area contributed by atoms with Crippen LogP contribution in [-0.2, 0) is 0 Å². The van der Waals surface area contributed by atoms with Crippen LogP contribution < -0.4 is 4.74 Å². The molecule has 0 N–H and O–H groups in total. The summed E-state index contributed by atoms with van der Waals surface area (Å²) in [6, 6.07) is 11.0. The molecule has 0 spiro atoms. The molecule has 0 saturated heterocycles. The third kappa shape index (κ3) is 2.40. The first kappa shape index (κ1) is 13.4. The van der Waals surface area contributed by atoms with Crippen LogP contribution in [0.3, 0.4) is 0 Å². The number of rotatable bonds is 3. The lowest BCUT2D eigenvalue weighted by molar-refractivity contribution is 0.101. The molecule has 1 heterocycles. The fourth-order valence-corrected chi connectivity index (χ4v) is 2.26. The first-order valence-electron chi connectivity index (χ1n) is 6.47. The van der Waals surface area contributed by atoms with Gasteiger partial charge in [0.05, 0.1) is 12.7 Å². The van der Waals surface area contributed by atoms with Crippen molar-refractivity contribution in [2.75, 3.05) is 7.11 Å². The highest BCUT2D eigenvalue weighted by Crippen LogP contribution is 2.26. The standard InChI is InChI=1S/C17H13FO3/c1-10-3-5-15(20-2)13(7-10)17(19)16-9-11-8-12(18)4-6-14(11)21-16/h3-9H,1-2H3. The average molecular weight is 284 g/mol. The van der Waals surface area contributed by atoms with E-state index in [4.69, 9.17) is 9.15 Å². The van der Waals surface area contributed by atoms with E-state index < -0.39 is 0 Å². The highest BCUT2D eigenvalue weighted by atomic mass is 19.1. The third-order valence-corrected chi connectivity index (χ3v) is 3.30. The lowest BCUT2D eigenvalue weighted by atomic mass is 10.0. The van der Waals surface area contributed by atoms with E-state index >= 15 is 0 Å². The maximum atomic E-state index is 13.2. The van der Waals surface area contributed by atoms with Gasteiger partial charge in [0.25, 0.3) is 0 Å². The molecule has 1 aromatic heterocycles. The van der Waals surface area contributed by atoms with Crippen molar-refractivity contribution in [2.24, 2.45) is 0 Å². The Kier molecular flexibility index (Phi) is 3.22. The molecule has 0 radical (unpaired) electrons. The Hall–Kier alpha value is -2.62. The van der Waals surface area contributed by atoms with E-state index in [2.05, 4.69) is 0 Å². The number of ketones is 1. The lowest BCUT2D eigenvalue weighted by Gasteiger charge is -2.06. The summed E-state index contributed by atoms with van der Waals surface area (Å²) in [4.78, 5) is 12.6. The number of aryl methyl sites for hydroxylation is 1. The first-order chi connectivity index (χ1) is 10.1. The number of furan rings is 1. The predicted molar refractivity (Wildman–Crippen MR) is 77.3 cm³/mol. The number of ether oxygens (including phenoxy) is 1. The maximum Gasteiger partial charge on any atom is 0.231 e. The quantitative estimate of drug-likeness (QED) is 0.679. The van der Waals surface area contributed by atoms with E-state index in [1.807, 2.05) is 13.0 Å². The molecule has 0 bridgehead atoms. The minimum atomic E-state index is -0.365. The third-order valence-electron chi connectivity index (χ3n) is 3.30. The van der Waals surface area contributed by atoms with Gasteiger partial charge in [0.2, 0.25) is 5.78 Å². The van der Waals surface area contributed by atoms with Gasteiger partial charge in [-0.05, 0) is 43.3 Å². The molecule has 21 heavy (non-hydrogen) atoms. The van der Waals surface area contributed by atoms with Crippen LogP contribution in [0.1, 0.15) is 21.7 Å². The van der Waals surface area contributed by atoms with Crippen molar-refractivity contribution >= 4 is 16.8 Å². The van der Waals surface area contributed by atoms with Crippen molar-refractivity contribution < 1.29 is 18.3 Å². The summed E-state index contributed by atoms with van der Waals surface area (Å²) in [6.07, 6.45) is 0. The number of carbonyl (C=O) groups is 1. The molecule has 106 valence electrons. The highest BCUT2D eigenvalue weighted by Gasteiger charge is 2.19. The minimum Gasteiger partial charge on any atom is -0.496 e. The highest BCUT2D eigenvalue weighted by molar-refractivity contribution is 6.10. The zero-order valence-corrected chi connectivity index (χ0v) is 11.6. The maximum absolute atomic E-state index is 13.2. The van der Waals surface area contributed by atoms with Crippen LogP contribution in [-0.4, -0.2) is 12.9 Å². The van der Waals surface area contributed by atoms with Crippen molar-refractivity contribution in [3.8, 4) is 5.75 Å². The monoisotopic (exact) mass is 284 g/mol. The number of fused-ring (bicyclic) bond motifs is 1. The Bertz CT molecular complexity index is 833. The molecule has 3 nitrogen and oxygen atoms in total. The SMILES string of the molecule is COc1ccc(C)cc1C(=O)c1cc2cc(F)ccc2o1. The van der Waals surface area contributed by atoms with E-state index in [9.17, 15) is 9.18 Å². The summed E-state index contributed by atoms with van der Waals surface area (Å²) in [5, 5.41) is 0.560. The van der Waals surface area contributed by atoms with E-state index in [0.29, 0.717) is 22.3 Å². The topological polar surface area (TPSA) is 39.4 Å². The molecule has 0 aliphatic rings. The summed E-state index contributed by atoms with van der Waals surface area (Å²) in [5.41, 5.74) is 1.85. The Morgan fingerprint density at radius 3 is 2.71 bits per heavy atom. The Morgan fingerprint density at radius 2 is 1.95 bits per heavy atom. The van der Waals surface area contributed by atoms with Crippen molar-refractivity contribution in [2.45, 2.75) is 6.92 Å². The Labute approximate surface area is 120 Å². The number of hydrogen-bond donors (Lipinski definition) is 0. The molecule has 0 atom stereocenters. The molecule has 0 aliphatic carbocycles. The molecule has 3 aromatic rings. The normalized spacial score (nSPS) is 10.8. The van der Waals surface area contributed by atoms with Crippen LogP contribution in [0.4, 0.5) is 4.39 Å². The fourth-order valence-electron chi connectivity index (χ4n) is 2.26. The molecule has 0 unspecified atom stereocenters. The van der Waals surface area contributed by atoms with Gasteiger partial charge in [0.1, 0.15) is 17.1 Å². The number of benzene rings is 2. The summed E-state index contributed by atoms with van der Waals surface area (Å²) in [5.74, 6) is -0.000620. The van der Waals surface area contributed by atoms with Gasteiger partial charge in [-0.1, -0.05) is 11.6 Å². The molecule has 3 rings (SSSR count). The fraction of sp³-hybridized carbons (Fsp3) is 0.118. The van der Waals surface area contributed by atoms with Gasteiger partial charge in [0.15, 0.2) is 5.76 Å². The van der Waals surface area contributed by atoms with Gasteiger partial charge in [-0.3, -0.25) is 4.79 Å². The van der Waals surface area contributed by atoms with Crippen LogP contribution in [0.5, 0.6) is 5.75 Å². The van der Waals surface area contributed by atoms with Gasteiger partial charge in [-0.25, -0.2) is 4.39 Å². The molecule has 0 fully saturated rings. The molecule has 0 saturated carbocycles. The lowest BCUT2D eigenvalue weighted by Crippen LogP contribution is -2.03. The molecular weight excluding hydrogens is 271 g/mol. The summed E-state index contributed by atoms with van der Waals surface area (Å²) >= 11 is 0. The summed E-state index contributed by atoms with van der Waals surface area (Å²) < 4.78 is 23.9. The second-order valence-corrected chi connectivity index (χ2v) is 4.83. The smallest absolute Gasteiger partial charge is 0.231 e. The van der Waals surface area contributed by atoms with Crippen molar-refractivity contribution in [3.05, 3.63) is 65.2 Å². The Morgan fingerprint density at radius 1 is 1.14 bits per heavy atom. The van der Waals surface area contributed by atoms with Crippen molar-refractivity contribution in [3.63, 3.8) is 0 Å². The van der Waals surface area contributed by atoms with Gasteiger partial charge in [-0.15, -0.1) is 0 Å². The molecule has 0 amide bonds. The largest absolute Gasteiger partial charge is 0.496 e. The molecule has 2 aromatic carbocycles. The van der Waals surface area contributed by atoms with Gasteiger partial charge >= 0.3 is 0 Å². The summed E-state index contributed by atoms with van der Waals surface area (Å²) in [6.45, 7) is 1.89. The molecular formula is C17H13FO3. The number of halogens is 1. The average Bonchev–Trinajstić information content (AvgIpc) is 2.89.